The zero-order valence-corrected chi connectivity index (χ0v) is 12.7. The van der Waals surface area contributed by atoms with Crippen molar-refractivity contribution in [3.8, 4) is 0 Å². The number of rotatable bonds is 3. The number of halogens is 1. The number of amides is 1. The van der Waals surface area contributed by atoms with Crippen molar-refractivity contribution in [1.29, 1.82) is 0 Å². The molecule has 0 spiro atoms. The van der Waals surface area contributed by atoms with E-state index >= 15 is 0 Å². The van der Waals surface area contributed by atoms with E-state index in [9.17, 15) is 9.59 Å². The summed E-state index contributed by atoms with van der Waals surface area (Å²) in [6, 6.07) is 6.11. The second-order valence-corrected chi connectivity index (χ2v) is 6.37. The van der Waals surface area contributed by atoms with Gasteiger partial charge in [-0.2, -0.15) is 0 Å². The van der Waals surface area contributed by atoms with E-state index < -0.39 is 17.4 Å². The SMILES string of the molecule is CC(C)(C)C(NC(=O)c1cccc(I)c1)C(=O)O. The van der Waals surface area contributed by atoms with Crippen LogP contribution in [0.5, 0.6) is 0 Å². The Morgan fingerprint density at radius 2 is 1.94 bits per heavy atom. The van der Waals surface area contributed by atoms with Crippen LogP contribution in [0.25, 0.3) is 0 Å². The van der Waals surface area contributed by atoms with E-state index in [4.69, 9.17) is 5.11 Å². The molecule has 0 heterocycles. The van der Waals surface area contributed by atoms with Crippen LogP contribution in [0.1, 0.15) is 31.1 Å². The lowest BCUT2D eigenvalue weighted by atomic mass is 9.86. The Morgan fingerprint density at radius 1 is 1.33 bits per heavy atom. The van der Waals surface area contributed by atoms with Crippen molar-refractivity contribution < 1.29 is 14.7 Å². The number of benzene rings is 1. The molecule has 2 N–H and O–H groups in total. The highest BCUT2D eigenvalue weighted by Gasteiger charge is 2.32. The molecule has 1 aromatic carbocycles. The summed E-state index contributed by atoms with van der Waals surface area (Å²) in [7, 11) is 0. The summed E-state index contributed by atoms with van der Waals surface area (Å²) in [4.78, 5) is 23.1. The first-order valence-corrected chi connectivity index (χ1v) is 6.59. The predicted molar refractivity (Wildman–Crippen MR) is 77.5 cm³/mol. The summed E-state index contributed by atoms with van der Waals surface area (Å²) >= 11 is 2.11. The van der Waals surface area contributed by atoms with Crippen LogP contribution < -0.4 is 5.32 Å². The van der Waals surface area contributed by atoms with Crippen LogP contribution in [0.4, 0.5) is 0 Å². The third-order valence-corrected chi connectivity index (χ3v) is 3.15. The summed E-state index contributed by atoms with van der Waals surface area (Å²) in [6.07, 6.45) is 0. The number of carboxylic acid groups (broad SMARTS) is 1. The Hall–Kier alpha value is -1.11. The smallest absolute Gasteiger partial charge is 0.326 e. The fraction of sp³-hybridized carbons (Fsp3) is 0.385. The highest BCUT2D eigenvalue weighted by atomic mass is 127. The molecule has 5 heteroatoms. The van der Waals surface area contributed by atoms with Crippen LogP contribution >= 0.6 is 22.6 Å². The van der Waals surface area contributed by atoms with E-state index in [-0.39, 0.29) is 5.91 Å². The van der Waals surface area contributed by atoms with Gasteiger partial charge in [0.2, 0.25) is 0 Å². The lowest BCUT2D eigenvalue weighted by Gasteiger charge is -2.27. The van der Waals surface area contributed by atoms with E-state index in [0.717, 1.165) is 3.57 Å². The van der Waals surface area contributed by atoms with Crippen LogP contribution in [0.15, 0.2) is 24.3 Å². The number of carbonyl (C=O) groups is 2. The van der Waals surface area contributed by atoms with E-state index in [1.807, 2.05) is 6.07 Å². The molecule has 1 amide bonds. The minimum Gasteiger partial charge on any atom is -0.480 e. The normalized spacial score (nSPS) is 12.9. The van der Waals surface area contributed by atoms with E-state index in [1.165, 1.54) is 0 Å². The monoisotopic (exact) mass is 361 g/mol. The molecule has 0 saturated heterocycles. The average molecular weight is 361 g/mol. The van der Waals surface area contributed by atoms with Crippen molar-refractivity contribution in [3.05, 3.63) is 33.4 Å². The third-order valence-electron chi connectivity index (χ3n) is 2.48. The van der Waals surface area contributed by atoms with Crippen molar-refractivity contribution in [2.45, 2.75) is 26.8 Å². The van der Waals surface area contributed by atoms with E-state index in [1.54, 1.807) is 39.0 Å². The first kappa shape index (κ1) is 14.9. The maximum absolute atomic E-state index is 12.0. The molecule has 1 unspecified atom stereocenters. The zero-order chi connectivity index (χ0) is 13.9. The van der Waals surface area contributed by atoms with E-state index in [2.05, 4.69) is 27.9 Å². The zero-order valence-electron chi connectivity index (χ0n) is 10.5. The Morgan fingerprint density at radius 3 is 2.39 bits per heavy atom. The molecule has 1 aromatic rings. The minimum atomic E-state index is -1.03. The molecule has 1 rings (SSSR count). The second-order valence-electron chi connectivity index (χ2n) is 5.12. The summed E-state index contributed by atoms with van der Waals surface area (Å²) in [6.45, 7) is 5.34. The number of aliphatic carboxylic acids is 1. The molecule has 0 fully saturated rings. The molecule has 0 saturated carbocycles. The fourth-order valence-corrected chi connectivity index (χ4v) is 2.04. The van der Waals surface area contributed by atoms with Gasteiger partial charge < -0.3 is 10.4 Å². The molecule has 0 bridgehead atoms. The lowest BCUT2D eigenvalue weighted by Crippen LogP contribution is -2.49. The van der Waals surface area contributed by atoms with Crippen molar-refractivity contribution in [2.24, 2.45) is 5.41 Å². The molecule has 0 aliphatic rings. The number of carboxylic acids is 1. The Bertz CT molecular complexity index is 466. The van der Waals surface area contributed by atoms with Crippen molar-refractivity contribution >= 4 is 34.5 Å². The van der Waals surface area contributed by atoms with Gasteiger partial charge in [0, 0.05) is 9.13 Å². The van der Waals surface area contributed by atoms with Gasteiger partial charge in [-0.25, -0.2) is 4.79 Å². The number of hydrogen-bond donors (Lipinski definition) is 2. The highest BCUT2D eigenvalue weighted by Crippen LogP contribution is 2.20. The molecule has 4 nitrogen and oxygen atoms in total. The topological polar surface area (TPSA) is 66.4 Å². The van der Waals surface area contributed by atoms with Crippen molar-refractivity contribution in [2.75, 3.05) is 0 Å². The van der Waals surface area contributed by atoms with Crippen LogP contribution in [-0.4, -0.2) is 23.0 Å². The van der Waals surface area contributed by atoms with Gasteiger partial charge in [-0.1, -0.05) is 26.8 Å². The second kappa shape index (κ2) is 5.69. The molecular weight excluding hydrogens is 345 g/mol. The van der Waals surface area contributed by atoms with Gasteiger partial charge in [-0.3, -0.25) is 4.79 Å². The molecule has 18 heavy (non-hydrogen) atoms. The highest BCUT2D eigenvalue weighted by molar-refractivity contribution is 14.1. The number of nitrogens with one attached hydrogen (secondary N) is 1. The molecule has 0 aromatic heterocycles. The summed E-state index contributed by atoms with van der Waals surface area (Å²) in [5.74, 6) is -1.39. The lowest BCUT2D eigenvalue weighted by molar-refractivity contribution is -0.142. The van der Waals surface area contributed by atoms with Gasteiger partial charge in [0.05, 0.1) is 0 Å². The molecule has 0 radical (unpaired) electrons. The Labute approximate surface area is 120 Å². The van der Waals surface area contributed by atoms with Crippen LogP contribution in [-0.2, 0) is 4.79 Å². The maximum Gasteiger partial charge on any atom is 0.326 e. The predicted octanol–water partition coefficient (Wildman–Crippen LogP) is 2.52. The molecule has 0 aliphatic heterocycles. The molecule has 1 atom stereocenters. The third kappa shape index (κ3) is 3.97. The van der Waals surface area contributed by atoms with Gasteiger partial charge in [-0.15, -0.1) is 0 Å². The van der Waals surface area contributed by atoms with Gasteiger partial charge >= 0.3 is 5.97 Å². The molecular formula is C13H16INO3. The molecule has 98 valence electrons. The van der Waals surface area contributed by atoms with Gasteiger partial charge in [0.15, 0.2) is 0 Å². The van der Waals surface area contributed by atoms with Gasteiger partial charge in [-0.05, 0) is 46.2 Å². The van der Waals surface area contributed by atoms with E-state index in [0.29, 0.717) is 5.56 Å². The van der Waals surface area contributed by atoms with Crippen LogP contribution in [0.3, 0.4) is 0 Å². The Balaban J connectivity index is 2.89. The van der Waals surface area contributed by atoms with Crippen LogP contribution in [0, 0.1) is 8.99 Å². The summed E-state index contributed by atoms with van der Waals surface area (Å²) < 4.78 is 0.933. The van der Waals surface area contributed by atoms with Crippen molar-refractivity contribution in [1.82, 2.24) is 5.32 Å². The van der Waals surface area contributed by atoms with Gasteiger partial charge in [0.1, 0.15) is 6.04 Å². The van der Waals surface area contributed by atoms with Crippen molar-refractivity contribution in [3.63, 3.8) is 0 Å². The first-order valence-electron chi connectivity index (χ1n) is 5.51. The first-order chi connectivity index (χ1) is 8.21. The van der Waals surface area contributed by atoms with Crippen LogP contribution in [0.2, 0.25) is 0 Å². The fourth-order valence-electron chi connectivity index (χ4n) is 1.49. The molecule has 0 aliphatic carbocycles. The maximum atomic E-state index is 12.0. The summed E-state index contributed by atoms with van der Waals surface area (Å²) in [5, 5.41) is 11.7. The quantitative estimate of drug-likeness (QED) is 0.814. The summed E-state index contributed by atoms with van der Waals surface area (Å²) in [5.41, 5.74) is -0.0685. The minimum absolute atomic E-state index is 0.365. The van der Waals surface area contributed by atoms with Gasteiger partial charge in [0.25, 0.3) is 5.91 Å². The largest absolute Gasteiger partial charge is 0.480 e. The average Bonchev–Trinajstić information content (AvgIpc) is 2.23. The number of hydrogen-bond acceptors (Lipinski definition) is 2. The standard InChI is InChI=1S/C13H16INO3/c1-13(2,3)10(12(17)18)15-11(16)8-5-4-6-9(14)7-8/h4-7,10H,1-3H3,(H,15,16)(H,17,18). The Kier molecular flexibility index (Phi) is 4.72. The number of carbonyl (C=O) groups excluding carboxylic acids is 1.